The van der Waals surface area contributed by atoms with E-state index in [1.54, 1.807) is 0 Å². The molecule has 1 heteroatoms. The zero-order valence-corrected chi connectivity index (χ0v) is 38.1. The van der Waals surface area contributed by atoms with Crippen LogP contribution in [0.2, 0.25) is 0 Å². The van der Waals surface area contributed by atoms with Gasteiger partial charge < -0.3 is 4.90 Å². The highest BCUT2D eigenvalue weighted by Gasteiger charge is 2.27. The largest absolute Gasteiger partial charge is 0.308 e. The summed E-state index contributed by atoms with van der Waals surface area (Å²) >= 11 is 0. The third-order valence-electron chi connectivity index (χ3n) is 13.5. The first-order chi connectivity index (χ1) is 34.3. The van der Waals surface area contributed by atoms with Crippen LogP contribution in [-0.4, -0.2) is 0 Å². The molecule has 0 aromatic heterocycles. The van der Waals surface area contributed by atoms with E-state index in [1.165, 1.54) is 49.4 Å². The number of nitrogens with zero attached hydrogens (tertiary/aromatic N) is 1. The van der Waals surface area contributed by atoms with Crippen LogP contribution in [-0.2, 0) is 0 Å². The fourth-order valence-corrected chi connectivity index (χ4v) is 10.3. The van der Waals surface area contributed by atoms with E-state index < -0.39 is 0 Å². The molecule has 0 aliphatic carbocycles. The van der Waals surface area contributed by atoms with Crippen molar-refractivity contribution in [3.63, 3.8) is 0 Å². The van der Waals surface area contributed by atoms with Crippen LogP contribution < -0.4 is 4.90 Å². The lowest BCUT2D eigenvalue weighted by molar-refractivity contribution is 1.28. The Kier molecular flexibility index (Phi) is 11.0. The average Bonchev–Trinajstić information content (AvgIpc) is 3.44. The lowest BCUT2D eigenvalue weighted by atomic mass is 9.84. The van der Waals surface area contributed by atoms with Gasteiger partial charge in [-0.2, -0.15) is 0 Å². The van der Waals surface area contributed by atoms with Crippen LogP contribution in [0, 0.1) is 0 Å². The molecule has 324 valence electrons. The molecule has 0 N–H and O–H groups in total. The van der Waals surface area contributed by atoms with E-state index in [0.717, 1.165) is 67.1 Å². The third-order valence-corrected chi connectivity index (χ3v) is 13.5. The Bertz CT molecular complexity index is 3680. The molecule has 1 nitrogen and oxygen atoms in total. The van der Waals surface area contributed by atoms with Crippen LogP contribution in [0.5, 0.6) is 0 Å². The van der Waals surface area contributed by atoms with Gasteiger partial charge in [-0.15, -0.1) is 0 Å². The van der Waals surface area contributed by atoms with Crippen molar-refractivity contribution in [2.24, 2.45) is 0 Å². The summed E-state index contributed by atoms with van der Waals surface area (Å²) in [6.07, 6.45) is 0. The zero-order valence-electron chi connectivity index (χ0n) is 38.1. The minimum absolute atomic E-state index is 1.08. The average molecular weight is 878 g/mol. The van der Waals surface area contributed by atoms with E-state index in [0.29, 0.717) is 0 Å². The molecule has 0 aliphatic heterocycles. The monoisotopic (exact) mass is 877 g/mol. The minimum Gasteiger partial charge on any atom is -0.308 e. The van der Waals surface area contributed by atoms with Crippen LogP contribution in [0.25, 0.3) is 99.4 Å². The standard InChI is InChI=1S/C68H47N/c1-7-24-48(25-8-1)54-43-45-65(62(46-54)51-30-13-4-14-31-51)69(68-57(49-26-9-2-10-27-49)39-23-40-58(68)50-28-11-3-12-29-50)64-41-22-21-36-56(64)55-42-44-60-59-37-19-20-38-61(59)66(52-32-15-5-16-33-52)67(63(60)47-55)53-34-17-6-18-35-53/h1-47H. The van der Waals surface area contributed by atoms with Crippen LogP contribution in [0.1, 0.15) is 0 Å². The van der Waals surface area contributed by atoms with Crippen LogP contribution in [0.15, 0.2) is 285 Å². The molecule has 0 unspecified atom stereocenters. The van der Waals surface area contributed by atoms with E-state index >= 15 is 0 Å². The summed E-state index contributed by atoms with van der Waals surface area (Å²) in [5, 5.41) is 4.92. The van der Waals surface area contributed by atoms with Crippen molar-refractivity contribution in [1.82, 2.24) is 0 Å². The highest BCUT2D eigenvalue weighted by Crippen LogP contribution is 2.53. The Balaban J connectivity index is 1.19. The maximum Gasteiger partial charge on any atom is 0.0618 e. The number of hydrogen-bond acceptors (Lipinski definition) is 1. The Morgan fingerprint density at radius 3 is 1.14 bits per heavy atom. The highest BCUT2D eigenvalue weighted by molar-refractivity contribution is 6.22. The van der Waals surface area contributed by atoms with Gasteiger partial charge in [0.05, 0.1) is 17.1 Å². The Hall–Kier alpha value is -9.04. The predicted molar refractivity (Wildman–Crippen MR) is 294 cm³/mol. The molecule has 0 atom stereocenters. The van der Waals surface area contributed by atoms with Crippen molar-refractivity contribution in [2.45, 2.75) is 0 Å². The van der Waals surface area contributed by atoms with Gasteiger partial charge in [0.15, 0.2) is 0 Å². The smallest absolute Gasteiger partial charge is 0.0618 e. The van der Waals surface area contributed by atoms with E-state index in [-0.39, 0.29) is 0 Å². The van der Waals surface area contributed by atoms with Gasteiger partial charge in [0.1, 0.15) is 0 Å². The molecule has 0 amide bonds. The molecular formula is C68H47N. The van der Waals surface area contributed by atoms with Gasteiger partial charge in [0.2, 0.25) is 0 Å². The van der Waals surface area contributed by atoms with E-state index in [1.807, 2.05) is 0 Å². The fourth-order valence-electron chi connectivity index (χ4n) is 10.3. The van der Waals surface area contributed by atoms with Crippen molar-refractivity contribution in [3.05, 3.63) is 285 Å². The maximum atomic E-state index is 2.55. The van der Waals surface area contributed by atoms with Crippen LogP contribution >= 0.6 is 0 Å². The lowest BCUT2D eigenvalue weighted by Crippen LogP contribution is -2.15. The first-order valence-electron chi connectivity index (χ1n) is 23.8. The molecule has 0 aliphatic rings. The van der Waals surface area contributed by atoms with Gasteiger partial charge in [-0.05, 0) is 101 Å². The first-order valence-corrected chi connectivity index (χ1v) is 23.8. The van der Waals surface area contributed by atoms with Crippen molar-refractivity contribution < 1.29 is 0 Å². The molecule has 0 fully saturated rings. The van der Waals surface area contributed by atoms with Crippen LogP contribution in [0.4, 0.5) is 17.1 Å². The number of fused-ring (bicyclic) bond motifs is 3. The summed E-state index contributed by atoms with van der Waals surface area (Å²) in [6, 6.07) is 104. The van der Waals surface area contributed by atoms with E-state index in [9.17, 15) is 0 Å². The number of benzene rings is 12. The topological polar surface area (TPSA) is 3.24 Å². The third kappa shape index (κ3) is 7.76. The lowest BCUT2D eigenvalue weighted by Gasteiger charge is -2.34. The molecule has 69 heavy (non-hydrogen) atoms. The number of hydrogen-bond donors (Lipinski definition) is 0. The summed E-state index contributed by atoms with van der Waals surface area (Å²) in [6.45, 7) is 0. The molecule has 12 aromatic carbocycles. The number of rotatable bonds is 10. The molecular weight excluding hydrogens is 831 g/mol. The minimum atomic E-state index is 1.08. The number of para-hydroxylation sites is 2. The quantitative estimate of drug-likeness (QED) is 0.124. The zero-order chi connectivity index (χ0) is 45.9. The first kappa shape index (κ1) is 41.4. The summed E-state index contributed by atoms with van der Waals surface area (Å²) < 4.78 is 0. The maximum absolute atomic E-state index is 2.55. The SMILES string of the molecule is c1ccc(-c2ccc(N(c3ccccc3-c3ccc4c(c3)c(-c3ccccc3)c(-c3ccccc3)c3ccccc34)c3c(-c4ccccc4)cccc3-c3ccccc3)c(-c3ccccc3)c2)cc1. The highest BCUT2D eigenvalue weighted by atomic mass is 15.2. The molecule has 0 spiro atoms. The van der Waals surface area contributed by atoms with E-state index in [2.05, 4.69) is 290 Å². The molecule has 0 heterocycles. The fraction of sp³-hybridized carbons (Fsp3) is 0. The van der Waals surface area contributed by atoms with Crippen LogP contribution in [0.3, 0.4) is 0 Å². The second kappa shape index (κ2) is 18.3. The van der Waals surface area contributed by atoms with Crippen molar-refractivity contribution in [1.29, 1.82) is 0 Å². The Morgan fingerprint density at radius 1 is 0.188 bits per heavy atom. The second-order valence-electron chi connectivity index (χ2n) is 17.5. The summed E-state index contributed by atoms with van der Waals surface area (Å²) in [5.41, 5.74) is 19.6. The Morgan fingerprint density at radius 2 is 0.580 bits per heavy atom. The van der Waals surface area contributed by atoms with Crippen molar-refractivity contribution in [2.75, 3.05) is 4.90 Å². The summed E-state index contributed by atoms with van der Waals surface area (Å²) in [4.78, 5) is 2.55. The molecule has 0 saturated heterocycles. The molecule has 12 aromatic rings. The number of anilines is 3. The molecule has 12 rings (SSSR count). The van der Waals surface area contributed by atoms with Gasteiger partial charge in [-0.25, -0.2) is 0 Å². The normalized spacial score (nSPS) is 11.2. The van der Waals surface area contributed by atoms with Gasteiger partial charge in [-0.1, -0.05) is 261 Å². The van der Waals surface area contributed by atoms with Gasteiger partial charge in [0, 0.05) is 22.3 Å². The summed E-state index contributed by atoms with van der Waals surface area (Å²) in [7, 11) is 0. The molecule has 0 saturated carbocycles. The summed E-state index contributed by atoms with van der Waals surface area (Å²) in [5.74, 6) is 0. The Labute approximate surface area is 404 Å². The predicted octanol–water partition coefficient (Wildman–Crippen LogP) is 19.1. The van der Waals surface area contributed by atoms with E-state index in [4.69, 9.17) is 0 Å². The van der Waals surface area contributed by atoms with Gasteiger partial charge in [-0.3, -0.25) is 0 Å². The second-order valence-corrected chi connectivity index (χ2v) is 17.5. The van der Waals surface area contributed by atoms with Gasteiger partial charge >= 0.3 is 0 Å². The molecule has 0 radical (unpaired) electrons. The van der Waals surface area contributed by atoms with Crippen molar-refractivity contribution >= 4 is 38.6 Å². The van der Waals surface area contributed by atoms with Gasteiger partial charge in [0.25, 0.3) is 0 Å². The van der Waals surface area contributed by atoms with Crippen molar-refractivity contribution in [3.8, 4) is 77.9 Å². The molecule has 0 bridgehead atoms.